The van der Waals surface area contributed by atoms with Crippen LogP contribution in [0.25, 0.3) is 10.9 Å². The summed E-state index contributed by atoms with van der Waals surface area (Å²) in [5, 5.41) is 10.5. The molecule has 0 aliphatic rings. The summed E-state index contributed by atoms with van der Waals surface area (Å²) in [6.07, 6.45) is -4.54. The van der Waals surface area contributed by atoms with Crippen molar-refractivity contribution in [3.8, 4) is 5.75 Å². The molecular formula is C23H21F6N3O2. The van der Waals surface area contributed by atoms with E-state index < -0.39 is 47.1 Å². The quantitative estimate of drug-likeness (QED) is 0.332. The van der Waals surface area contributed by atoms with Crippen LogP contribution in [-0.4, -0.2) is 40.2 Å². The highest BCUT2D eigenvalue weighted by molar-refractivity contribution is 5.92. The number of nitrogens with zero attached hydrogens (tertiary/aromatic N) is 3. The van der Waals surface area contributed by atoms with Crippen molar-refractivity contribution < 1.29 is 36.2 Å². The summed E-state index contributed by atoms with van der Waals surface area (Å²) in [7, 11) is 1.25. The number of aromatic nitrogens is 2. The molecule has 0 saturated carbocycles. The Kier molecular flexibility index (Phi) is 7.15. The minimum absolute atomic E-state index is 0.0347. The van der Waals surface area contributed by atoms with Crippen molar-refractivity contribution in [2.24, 2.45) is 4.99 Å². The number of hydrogen-bond donors (Lipinski definition) is 1. The molecule has 0 spiro atoms. The minimum atomic E-state index is -5.17. The van der Waals surface area contributed by atoms with Gasteiger partial charge in [-0.15, -0.1) is 0 Å². The summed E-state index contributed by atoms with van der Waals surface area (Å²) in [6, 6.07) is 4.01. The number of hydrogen-bond acceptors (Lipinski definition) is 5. The number of rotatable bonds is 7. The van der Waals surface area contributed by atoms with Gasteiger partial charge in [-0.2, -0.15) is 13.2 Å². The van der Waals surface area contributed by atoms with Crippen LogP contribution in [-0.2, 0) is 0 Å². The molecule has 0 bridgehead atoms. The van der Waals surface area contributed by atoms with E-state index in [-0.39, 0.29) is 40.8 Å². The van der Waals surface area contributed by atoms with Crippen molar-refractivity contribution >= 4 is 22.8 Å². The van der Waals surface area contributed by atoms with Crippen LogP contribution in [0.3, 0.4) is 0 Å². The van der Waals surface area contributed by atoms with Gasteiger partial charge in [-0.1, -0.05) is 13.0 Å². The van der Waals surface area contributed by atoms with Crippen LogP contribution in [0, 0.1) is 24.4 Å². The van der Waals surface area contributed by atoms with E-state index in [1.807, 2.05) is 0 Å². The van der Waals surface area contributed by atoms with Gasteiger partial charge in [0.2, 0.25) is 0 Å². The summed E-state index contributed by atoms with van der Waals surface area (Å²) in [6.45, 7) is 3.04. The molecule has 0 saturated heterocycles. The van der Waals surface area contributed by atoms with E-state index in [4.69, 9.17) is 4.74 Å². The topological polar surface area (TPSA) is 67.6 Å². The Morgan fingerprint density at radius 1 is 1.18 bits per heavy atom. The Morgan fingerprint density at radius 3 is 2.50 bits per heavy atom. The van der Waals surface area contributed by atoms with Crippen LogP contribution in [0.1, 0.15) is 37.1 Å². The first-order valence-electron chi connectivity index (χ1n) is 10.2. The standard InChI is InChI=1S/C23H21F6N3O2/c1-4-13(15-6-5-14(24)7-19(15)34-3)9-22(33,23(27,28)29)11-31-18-8-17(25)20(26)21-16(18)10-30-12(2)32-21/h5-8,10-11,13,33H,4,9H2,1-3H3/b31-11+. The molecular weight excluding hydrogens is 464 g/mol. The largest absolute Gasteiger partial charge is 0.496 e. The van der Waals surface area contributed by atoms with E-state index in [2.05, 4.69) is 15.0 Å². The number of fused-ring (bicyclic) bond motifs is 1. The van der Waals surface area contributed by atoms with Crippen LogP contribution in [0.5, 0.6) is 5.75 Å². The van der Waals surface area contributed by atoms with E-state index in [1.165, 1.54) is 20.1 Å². The van der Waals surface area contributed by atoms with Gasteiger partial charge in [-0.25, -0.2) is 23.1 Å². The fourth-order valence-electron chi connectivity index (χ4n) is 3.60. The van der Waals surface area contributed by atoms with Crippen molar-refractivity contribution in [3.05, 3.63) is 59.3 Å². The molecule has 182 valence electrons. The third-order valence-electron chi connectivity index (χ3n) is 5.46. The lowest BCUT2D eigenvalue weighted by molar-refractivity contribution is -0.232. The minimum Gasteiger partial charge on any atom is -0.496 e. The maximum atomic E-state index is 14.1. The molecule has 11 heteroatoms. The van der Waals surface area contributed by atoms with Gasteiger partial charge in [0.15, 0.2) is 17.2 Å². The molecule has 0 aliphatic carbocycles. The summed E-state index contributed by atoms with van der Waals surface area (Å²) in [5.41, 5.74) is -4.01. The molecule has 0 amide bonds. The molecule has 3 rings (SSSR count). The first-order valence-corrected chi connectivity index (χ1v) is 10.2. The monoisotopic (exact) mass is 485 g/mol. The Morgan fingerprint density at radius 2 is 1.88 bits per heavy atom. The Labute approximate surface area is 191 Å². The number of alkyl halides is 3. The van der Waals surface area contributed by atoms with Crippen LogP contribution in [0.2, 0.25) is 0 Å². The highest BCUT2D eigenvalue weighted by atomic mass is 19.4. The van der Waals surface area contributed by atoms with Gasteiger partial charge in [0.1, 0.15) is 22.9 Å². The lowest BCUT2D eigenvalue weighted by Crippen LogP contribution is -2.47. The molecule has 1 aromatic heterocycles. The van der Waals surface area contributed by atoms with Gasteiger partial charge in [0.05, 0.1) is 12.8 Å². The summed E-state index contributed by atoms with van der Waals surface area (Å²) >= 11 is 0. The van der Waals surface area contributed by atoms with Gasteiger partial charge < -0.3 is 9.84 Å². The van der Waals surface area contributed by atoms with Gasteiger partial charge in [-0.3, -0.25) is 4.99 Å². The second kappa shape index (κ2) is 9.57. The van der Waals surface area contributed by atoms with Crippen LogP contribution >= 0.6 is 0 Å². The van der Waals surface area contributed by atoms with Crippen LogP contribution in [0.15, 0.2) is 35.5 Å². The van der Waals surface area contributed by atoms with E-state index in [0.717, 1.165) is 18.3 Å². The SMILES string of the molecule is CCC(CC(O)(/C=N/c1cc(F)c(F)c2nc(C)ncc12)C(F)(F)F)c1ccc(F)cc1OC. The molecule has 34 heavy (non-hydrogen) atoms. The molecule has 2 aromatic carbocycles. The molecule has 0 radical (unpaired) electrons. The smallest absolute Gasteiger partial charge is 0.422 e. The number of aliphatic imine (C=N–C) groups is 1. The second-order valence-electron chi connectivity index (χ2n) is 7.75. The summed E-state index contributed by atoms with van der Waals surface area (Å²) < 4.78 is 88.8. The van der Waals surface area contributed by atoms with E-state index in [0.29, 0.717) is 6.07 Å². The molecule has 2 atom stereocenters. The predicted octanol–water partition coefficient (Wildman–Crippen LogP) is 5.94. The zero-order valence-electron chi connectivity index (χ0n) is 18.4. The first-order chi connectivity index (χ1) is 15.9. The third kappa shape index (κ3) is 4.98. The zero-order chi connectivity index (χ0) is 25.3. The number of methoxy groups -OCH3 is 1. The molecule has 0 aliphatic heterocycles. The fourth-order valence-corrected chi connectivity index (χ4v) is 3.60. The maximum Gasteiger partial charge on any atom is 0.422 e. The van der Waals surface area contributed by atoms with Crippen molar-refractivity contribution in [2.45, 2.75) is 44.4 Å². The molecule has 1 heterocycles. The Balaban J connectivity index is 2.07. The number of halogens is 6. The lowest BCUT2D eigenvalue weighted by Gasteiger charge is -2.31. The average Bonchev–Trinajstić information content (AvgIpc) is 2.78. The van der Waals surface area contributed by atoms with Gasteiger partial charge in [-0.05, 0) is 37.3 Å². The van der Waals surface area contributed by atoms with E-state index >= 15 is 0 Å². The normalized spacial score (nSPS) is 15.0. The molecule has 2 unspecified atom stereocenters. The van der Waals surface area contributed by atoms with Crippen LogP contribution < -0.4 is 4.74 Å². The Bertz CT molecular complexity index is 1230. The zero-order valence-corrected chi connectivity index (χ0v) is 18.4. The van der Waals surface area contributed by atoms with Gasteiger partial charge in [0, 0.05) is 29.9 Å². The molecule has 3 aromatic rings. The predicted molar refractivity (Wildman–Crippen MR) is 114 cm³/mol. The highest BCUT2D eigenvalue weighted by Gasteiger charge is 2.53. The maximum absolute atomic E-state index is 14.1. The van der Waals surface area contributed by atoms with Crippen molar-refractivity contribution in [1.29, 1.82) is 0 Å². The molecule has 0 fully saturated rings. The number of benzene rings is 2. The molecule has 1 N–H and O–H groups in total. The fraction of sp³-hybridized carbons (Fsp3) is 0.348. The lowest BCUT2D eigenvalue weighted by atomic mass is 9.84. The van der Waals surface area contributed by atoms with Gasteiger partial charge in [0.25, 0.3) is 0 Å². The van der Waals surface area contributed by atoms with Crippen LogP contribution in [0.4, 0.5) is 32.0 Å². The highest BCUT2D eigenvalue weighted by Crippen LogP contribution is 2.41. The third-order valence-corrected chi connectivity index (χ3v) is 5.46. The number of aliphatic hydroxyl groups is 1. The summed E-state index contributed by atoms with van der Waals surface area (Å²) in [4.78, 5) is 11.3. The number of aryl methyl sites for hydroxylation is 1. The number of ether oxygens (including phenoxy) is 1. The average molecular weight is 485 g/mol. The first kappa shape index (κ1) is 25.4. The summed E-state index contributed by atoms with van der Waals surface area (Å²) in [5.74, 6) is -4.03. The van der Waals surface area contributed by atoms with Crippen molar-refractivity contribution in [2.75, 3.05) is 7.11 Å². The second-order valence-corrected chi connectivity index (χ2v) is 7.75. The van der Waals surface area contributed by atoms with E-state index in [1.54, 1.807) is 6.92 Å². The van der Waals surface area contributed by atoms with E-state index in [9.17, 15) is 31.4 Å². The van der Waals surface area contributed by atoms with Crippen molar-refractivity contribution in [3.63, 3.8) is 0 Å². The van der Waals surface area contributed by atoms with Gasteiger partial charge >= 0.3 is 6.18 Å². The van der Waals surface area contributed by atoms with Crippen molar-refractivity contribution in [1.82, 2.24) is 9.97 Å². The molecule has 5 nitrogen and oxygen atoms in total. The Hall–Kier alpha value is -3.21.